The van der Waals surface area contributed by atoms with Crippen molar-refractivity contribution >= 4 is 87.6 Å². The summed E-state index contributed by atoms with van der Waals surface area (Å²) in [5.41, 5.74) is 68.0. The number of aliphatic imine (C=N–C) groups is 3. The Balaban J connectivity index is 0. The van der Waals surface area contributed by atoms with E-state index in [0.717, 1.165) is 67.8 Å². The van der Waals surface area contributed by atoms with E-state index in [2.05, 4.69) is 91.0 Å². The molecular weight excluding hydrogens is 1160 g/mol. The zero-order valence-electron chi connectivity index (χ0n) is 53.7. The second-order valence-electron chi connectivity index (χ2n) is 19.8. The first-order chi connectivity index (χ1) is 42.9. The molecule has 26 N–H and O–H groups in total. The number of hydrogen-bond acceptors (Lipinski definition) is 15. The number of hydrogen-bond donors (Lipinski definition) is 15. The van der Waals surface area contributed by atoms with Crippen LogP contribution >= 0.6 is 0 Å². The summed E-state index contributed by atoms with van der Waals surface area (Å²) >= 11 is 0. The van der Waals surface area contributed by atoms with E-state index in [1.165, 1.54) is 30.5 Å². The molecule has 0 fully saturated rings. The zero-order chi connectivity index (χ0) is 69.1. The molecule has 27 heteroatoms. The van der Waals surface area contributed by atoms with E-state index in [1.54, 1.807) is 64.1 Å². The number of carbonyl (C=O) groups excluding carboxylic acids is 7. The molecule has 0 radical (unpaired) electrons. The molecule has 1 aliphatic rings. The Kier molecular flexibility index (Phi) is 45.1. The first-order valence-corrected chi connectivity index (χ1v) is 28.8. The number of fused-ring (bicyclic) bond motifs is 1. The molecule has 1 heterocycles. The van der Waals surface area contributed by atoms with Crippen LogP contribution in [0.1, 0.15) is 123 Å². The third-order valence-corrected chi connectivity index (χ3v) is 11.4. The summed E-state index contributed by atoms with van der Waals surface area (Å²) in [5, 5.41) is 12.2. The molecule has 0 aliphatic carbocycles. The van der Waals surface area contributed by atoms with Crippen LogP contribution in [0.3, 0.4) is 0 Å². The van der Waals surface area contributed by atoms with Gasteiger partial charge in [0.05, 0.1) is 12.2 Å². The highest BCUT2D eigenvalue weighted by atomic mass is 16.2. The first kappa shape index (κ1) is 82.1. The van der Waals surface area contributed by atoms with E-state index in [1.807, 2.05) is 65.6 Å². The van der Waals surface area contributed by atoms with Crippen molar-refractivity contribution in [3.63, 3.8) is 0 Å². The SMILES string of the molecule is C=C(N)c1ccc(NCN=C(N)N)cc1.CC(=O)CCCCN=C(N)N.CC(=O)CCCCNC(N)=O.CC(=O)N1CCc2ccccc2C1.CC(=O)c1ccc(NCCN=C(N)N)cc1.CC(=O)c1ccc(NN=C(N)N)cc1.CC(N)=O.Cc1ccccc1. The largest absolute Gasteiger partial charge is 0.399 e. The zero-order valence-corrected chi connectivity index (χ0v) is 53.7. The van der Waals surface area contributed by atoms with Crippen molar-refractivity contribution in [2.24, 2.45) is 83.1 Å². The number of unbranched alkanes of at least 4 members (excludes halogenated alkanes) is 2. The van der Waals surface area contributed by atoms with E-state index in [0.29, 0.717) is 62.5 Å². The minimum absolute atomic E-state index is 0.0263. The van der Waals surface area contributed by atoms with E-state index in [-0.39, 0.29) is 58.8 Å². The predicted molar refractivity (Wildman–Crippen MR) is 370 cm³/mol. The van der Waals surface area contributed by atoms with E-state index >= 15 is 0 Å². The van der Waals surface area contributed by atoms with Gasteiger partial charge in [0, 0.05) is 87.6 Å². The van der Waals surface area contributed by atoms with Crippen LogP contribution in [0, 0.1) is 6.92 Å². The van der Waals surface area contributed by atoms with E-state index in [4.69, 9.17) is 57.3 Å². The number of carbonyl (C=O) groups is 7. The number of Topliss-reactive ketones (excluding diaryl/α,β-unsaturated/α-hetero) is 4. The number of primary amides is 2. The van der Waals surface area contributed by atoms with Crippen molar-refractivity contribution in [1.29, 1.82) is 0 Å². The highest BCUT2D eigenvalue weighted by Gasteiger charge is 2.17. The highest BCUT2D eigenvalue weighted by molar-refractivity contribution is 5.95. The summed E-state index contributed by atoms with van der Waals surface area (Å²) in [5.74, 6) is 0.565. The van der Waals surface area contributed by atoms with Crippen LogP contribution in [0.15, 0.2) is 154 Å². The molecule has 0 atom stereocenters. The van der Waals surface area contributed by atoms with Crippen molar-refractivity contribution in [3.05, 3.63) is 167 Å². The predicted octanol–water partition coefficient (Wildman–Crippen LogP) is 4.83. The smallest absolute Gasteiger partial charge is 0.312 e. The molecule has 0 unspecified atom stereocenters. The number of urea groups is 1. The minimum Gasteiger partial charge on any atom is -0.399 e. The van der Waals surface area contributed by atoms with Gasteiger partial charge in [-0.3, -0.25) is 34.6 Å². The number of nitrogens with one attached hydrogen (secondary N) is 4. The Labute approximate surface area is 535 Å². The summed E-state index contributed by atoms with van der Waals surface area (Å²) in [6.07, 6.45) is 5.57. The fourth-order valence-electron chi connectivity index (χ4n) is 6.84. The van der Waals surface area contributed by atoms with Gasteiger partial charge >= 0.3 is 6.03 Å². The Hall–Kier alpha value is -11.0. The van der Waals surface area contributed by atoms with Crippen LogP contribution in [0.5, 0.6) is 0 Å². The fraction of sp³-hybridized carbons (Fsp3) is 0.328. The van der Waals surface area contributed by atoms with Gasteiger partial charge in [-0.05, 0) is 144 Å². The molecule has 0 saturated heterocycles. The van der Waals surface area contributed by atoms with Crippen molar-refractivity contribution in [2.45, 2.75) is 100.0 Å². The average Bonchev–Trinajstić information content (AvgIpc) is 2.12. The summed E-state index contributed by atoms with van der Waals surface area (Å²) in [6, 6.07) is 39.7. The molecule has 0 spiro atoms. The monoisotopic (exact) mass is 1260 g/mol. The van der Waals surface area contributed by atoms with Crippen LogP contribution < -0.4 is 84.4 Å². The van der Waals surface area contributed by atoms with Crippen LogP contribution in [0.4, 0.5) is 21.9 Å². The van der Waals surface area contributed by atoms with Gasteiger partial charge in [-0.1, -0.05) is 78.9 Å². The molecule has 5 aromatic carbocycles. The van der Waals surface area contributed by atoms with Gasteiger partial charge in [0.2, 0.25) is 17.8 Å². The quantitative estimate of drug-likeness (QED) is 0.0145. The molecule has 0 aromatic heterocycles. The summed E-state index contributed by atoms with van der Waals surface area (Å²) in [4.78, 5) is 86.7. The minimum atomic E-state index is -0.507. The molecule has 1 aliphatic heterocycles. The molecule has 6 rings (SSSR count). The second kappa shape index (κ2) is 50.1. The first-order valence-electron chi connectivity index (χ1n) is 28.8. The summed E-state index contributed by atoms with van der Waals surface area (Å²) in [6.45, 7) is 19.2. The molecule has 27 nitrogen and oxygen atoms in total. The van der Waals surface area contributed by atoms with Crippen molar-refractivity contribution in [3.8, 4) is 0 Å². The van der Waals surface area contributed by atoms with Gasteiger partial charge < -0.3 is 93.5 Å². The number of aryl methyl sites for hydroxylation is 1. The molecule has 5 aromatic rings. The number of anilines is 3. The standard InChI is InChI=1S/C11H16N4O.C11H13NO.C10H15N5.C9H12N4O.C7H15N3O.C7H14N2O2.C7H8.C2H5NO/c1-8(16)9-2-4-10(5-3-9)14-6-7-15-11(12)13;1-9(13)12-7-6-10-4-2-3-5-11(10)8-12;1-7(11)8-2-4-9(5-3-8)14-6-15-10(12)13;1-6(14)7-2-4-8(5-3-7)12-13-9(10)11;1-6(11)4-2-3-5-10-7(8)9;1-6(10)4-2-3-5-9-7(8)11;1-7-5-3-2-4-6-7;1-2(3)4/h2-5,14H,6-7H2,1H3,(H4,12,13,15);2-5H,6-8H2,1H3;2-5,14H,1,6,11H2,(H4,12,13,15);2-5,12H,1H3,(H4,10,11,13);2-5H2,1H3,(H4,8,9,10);2-5H2,1H3,(H3,8,9,11);2-6H,1H3;1H3,(H2,3,4). The molecule has 91 heavy (non-hydrogen) atoms. The number of guanidine groups is 4. The van der Waals surface area contributed by atoms with Gasteiger partial charge in [0.25, 0.3) is 0 Å². The number of ketones is 4. The fourth-order valence-corrected chi connectivity index (χ4v) is 6.84. The topological polar surface area (TPSA) is 507 Å². The van der Waals surface area contributed by atoms with Crippen molar-refractivity contribution in [2.75, 3.05) is 55.5 Å². The number of nitrogens with two attached hydrogens (primary N) is 11. The lowest BCUT2D eigenvalue weighted by Gasteiger charge is -2.27. The maximum Gasteiger partial charge on any atom is 0.312 e. The van der Waals surface area contributed by atoms with Gasteiger partial charge in [-0.25, -0.2) is 9.79 Å². The summed E-state index contributed by atoms with van der Waals surface area (Å²) in [7, 11) is 0. The molecular formula is C64H98N20O7. The lowest BCUT2D eigenvalue weighted by atomic mass is 10.00. The maximum atomic E-state index is 11.1. The lowest BCUT2D eigenvalue weighted by Crippen LogP contribution is -2.34. The van der Waals surface area contributed by atoms with Crippen LogP contribution in [0.2, 0.25) is 0 Å². The Bertz CT molecular complexity index is 3050. The molecule has 496 valence electrons. The number of rotatable bonds is 22. The van der Waals surface area contributed by atoms with Crippen molar-refractivity contribution in [1.82, 2.24) is 10.2 Å². The van der Waals surface area contributed by atoms with Crippen LogP contribution in [-0.2, 0) is 32.1 Å². The van der Waals surface area contributed by atoms with E-state index in [9.17, 15) is 33.6 Å². The Morgan fingerprint density at radius 2 is 0.923 bits per heavy atom. The Morgan fingerprint density at radius 1 is 0.484 bits per heavy atom. The summed E-state index contributed by atoms with van der Waals surface area (Å²) < 4.78 is 0. The van der Waals surface area contributed by atoms with Crippen LogP contribution in [-0.4, -0.2) is 109 Å². The van der Waals surface area contributed by atoms with Crippen molar-refractivity contribution < 1.29 is 33.6 Å². The van der Waals surface area contributed by atoms with Gasteiger partial charge in [0.15, 0.2) is 29.4 Å². The lowest BCUT2D eigenvalue weighted by molar-refractivity contribution is -0.129. The number of nitrogens with zero attached hydrogens (tertiary/aromatic N) is 5. The Morgan fingerprint density at radius 3 is 1.34 bits per heavy atom. The number of amides is 4. The van der Waals surface area contributed by atoms with Gasteiger partial charge in [-0.15, -0.1) is 5.10 Å². The normalized spacial score (nSPS) is 9.99. The number of benzene rings is 5. The van der Waals surface area contributed by atoms with Gasteiger partial charge in [0.1, 0.15) is 18.2 Å². The second-order valence-corrected chi connectivity index (χ2v) is 19.8. The molecule has 4 amide bonds. The maximum absolute atomic E-state index is 11.1. The van der Waals surface area contributed by atoms with E-state index < -0.39 is 6.03 Å². The molecule has 0 bridgehead atoms. The third-order valence-electron chi connectivity index (χ3n) is 11.4. The molecule has 0 saturated carbocycles. The van der Waals surface area contributed by atoms with Gasteiger partial charge in [-0.2, -0.15) is 0 Å². The van der Waals surface area contributed by atoms with Crippen LogP contribution in [0.25, 0.3) is 5.70 Å². The third kappa shape index (κ3) is 49.8. The number of hydrazone groups is 1. The highest BCUT2D eigenvalue weighted by Crippen LogP contribution is 2.18. The average molecular weight is 1260 g/mol.